The molecule has 1 fully saturated rings. The van der Waals surface area contributed by atoms with Gasteiger partial charge in [-0.2, -0.15) is 0 Å². The van der Waals surface area contributed by atoms with Crippen LogP contribution in [0.3, 0.4) is 0 Å². The van der Waals surface area contributed by atoms with Crippen LogP contribution < -0.4 is 5.32 Å². The summed E-state index contributed by atoms with van der Waals surface area (Å²) in [7, 11) is 0. The first-order valence-corrected chi connectivity index (χ1v) is 8.63. The van der Waals surface area contributed by atoms with E-state index in [4.69, 9.17) is 0 Å². The molecule has 1 aliphatic carbocycles. The maximum absolute atomic E-state index is 12.7. The van der Waals surface area contributed by atoms with Gasteiger partial charge in [0.05, 0.1) is 0 Å². The number of allylic oxidation sites excluding steroid dienone is 2. The standard InChI is InChI=1S/C19H24N2O3/c22-13-14-5-4-10-21(12-14)19(24)16-8-3-9-17(11-16)20-18(23)15-6-1-2-7-15/h1-3,8-9,11,14-15,22H,4-7,10,12-13H2,(H,20,23)/t14-/m1/s1. The van der Waals surface area contributed by atoms with E-state index in [1.807, 2.05) is 18.2 Å². The van der Waals surface area contributed by atoms with Crippen molar-refractivity contribution in [1.82, 2.24) is 4.90 Å². The largest absolute Gasteiger partial charge is 0.396 e. The Kier molecular flexibility index (Phi) is 5.30. The van der Waals surface area contributed by atoms with Crippen LogP contribution in [0.2, 0.25) is 0 Å². The Morgan fingerprint density at radius 1 is 1.25 bits per heavy atom. The Morgan fingerprint density at radius 2 is 2.04 bits per heavy atom. The van der Waals surface area contributed by atoms with E-state index < -0.39 is 0 Å². The molecule has 1 aromatic carbocycles. The van der Waals surface area contributed by atoms with Crippen molar-refractivity contribution in [1.29, 1.82) is 0 Å². The summed E-state index contributed by atoms with van der Waals surface area (Å²) >= 11 is 0. The Morgan fingerprint density at radius 3 is 2.79 bits per heavy atom. The molecular weight excluding hydrogens is 304 g/mol. The molecule has 1 aliphatic heterocycles. The average molecular weight is 328 g/mol. The van der Waals surface area contributed by atoms with Crippen LogP contribution >= 0.6 is 0 Å². The molecule has 1 atom stereocenters. The second kappa shape index (κ2) is 7.62. The quantitative estimate of drug-likeness (QED) is 0.834. The van der Waals surface area contributed by atoms with Crippen molar-refractivity contribution in [2.75, 3.05) is 25.0 Å². The minimum absolute atomic E-state index is 0.00270. The number of benzene rings is 1. The molecule has 5 nitrogen and oxygen atoms in total. The van der Waals surface area contributed by atoms with Crippen molar-refractivity contribution in [3.8, 4) is 0 Å². The molecule has 0 bridgehead atoms. The first-order chi connectivity index (χ1) is 11.7. The third kappa shape index (κ3) is 3.85. The zero-order valence-electron chi connectivity index (χ0n) is 13.8. The van der Waals surface area contributed by atoms with E-state index in [1.54, 1.807) is 23.1 Å². The van der Waals surface area contributed by atoms with Crippen LogP contribution in [-0.2, 0) is 4.79 Å². The molecule has 1 heterocycles. The van der Waals surface area contributed by atoms with Gasteiger partial charge >= 0.3 is 0 Å². The summed E-state index contributed by atoms with van der Waals surface area (Å²) in [5.41, 5.74) is 1.24. The second-order valence-electron chi connectivity index (χ2n) is 6.65. The maximum Gasteiger partial charge on any atom is 0.253 e. The third-order valence-electron chi connectivity index (χ3n) is 4.82. The van der Waals surface area contributed by atoms with E-state index in [1.165, 1.54) is 0 Å². The Balaban J connectivity index is 1.65. The molecule has 24 heavy (non-hydrogen) atoms. The number of aliphatic hydroxyl groups is 1. The molecule has 2 N–H and O–H groups in total. The predicted molar refractivity (Wildman–Crippen MR) is 92.6 cm³/mol. The van der Waals surface area contributed by atoms with Gasteiger partial charge in [0.1, 0.15) is 0 Å². The van der Waals surface area contributed by atoms with Crippen molar-refractivity contribution in [2.24, 2.45) is 11.8 Å². The molecule has 2 aliphatic rings. The maximum atomic E-state index is 12.7. The number of amides is 2. The normalized spacial score (nSPS) is 21.0. The number of anilines is 1. The fourth-order valence-electron chi connectivity index (χ4n) is 3.39. The van der Waals surface area contributed by atoms with Gasteiger partial charge < -0.3 is 15.3 Å². The molecule has 3 rings (SSSR count). The Hall–Kier alpha value is -2.14. The molecule has 0 spiro atoms. The molecule has 2 amide bonds. The van der Waals surface area contributed by atoms with Crippen molar-refractivity contribution in [3.63, 3.8) is 0 Å². The topological polar surface area (TPSA) is 69.6 Å². The molecule has 1 aromatic rings. The minimum atomic E-state index is -0.0354. The van der Waals surface area contributed by atoms with E-state index in [2.05, 4.69) is 5.32 Å². The van der Waals surface area contributed by atoms with E-state index in [9.17, 15) is 14.7 Å². The summed E-state index contributed by atoms with van der Waals surface area (Å²) in [6.07, 6.45) is 7.49. The lowest BCUT2D eigenvalue weighted by atomic mass is 9.98. The summed E-state index contributed by atoms with van der Waals surface area (Å²) in [5.74, 6) is 0.131. The van der Waals surface area contributed by atoms with Crippen LogP contribution in [-0.4, -0.2) is 41.5 Å². The van der Waals surface area contributed by atoms with Crippen LogP contribution in [0.15, 0.2) is 36.4 Å². The summed E-state index contributed by atoms with van der Waals surface area (Å²) in [5, 5.41) is 12.2. The number of hydrogen-bond donors (Lipinski definition) is 2. The number of likely N-dealkylation sites (tertiary alicyclic amines) is 1. The molecule has 128 valence electrons. The summed E-state index contributed by atoms with van der Waals surface area (Å²) < 4.78 is 0. The van der Waals surface area contributed by atoms with Gasteiger partial charge in [-0.1, -0.05) is 18.2 Å². The van der Waals surface area contributed by atoms with Gasteiger partial charge in [0.25, 0.3) is 5.91 Å². The number of nitrogens with zero attached hydrogens (tertiary/aromatic N) is 1. The van der Waals surface area contributed by atoms with E-state index in [0.717, 1.165) is 32.2 Å². The molecular formula is C19H24N2O3. The number of carbonyl (C=O) groups is 2. The van der Waals surface area contributed by atoms with E-state index in [0.29, 0.717) is 17.8 Å². The lowest BCUT2D eigenvalue weighted by molar-refractivity contribution is -0.119. The fraction of sp³-hybridized carbons (Fsp3) is 0.474. The summed E-state index contributed by atoms with van der Waals surface area (Å²) in [4.78, 5) is 26.7. The zero-order chi connectivity index (χ0) is 16.9. The summed E-state index contributed by atoms with van der Waals surface area (Å²) in [6, 6.07) is 7.12. The molecule has 0 saturated carbocycles. The van der Waals surface area contributed by atoms with Crippen LogP contribution in [0.4, 0.5) is 5.69 Å². The zero-order valence-corrected chi connectivity index (χ0v) is 13.8. The number of hydrogen-bond acceptors (Lipinski definition) is 3. The Bertz CT molecular complexity index is 633. The van der Waals surface area contributed by atoms with Gasteiger partial charge in [-0.25, -0.2) is 0 Å². The first-order valence-electron chi connectivity index (χ1n) is 8.63. The number of nitrogens with one attached hydrogen (secondary N) is 1. The first kappa shape index (κ1) is 16.7. The van der Waals surface area contributed by atoms with Crippen LogP contribution in [0.1, 0.15) is 36.0 Å². The Labute approximate surface area is 142 Å². The van der Waals surface area contributed by atoms with Gasteiger partial charge in [-0.3, -0.25) is 9.59 Å². The number of piperidine rings is 1. The second-order valence-corrected chi connectivity index (χ2v) is 6.65. The molecule has 0 unspecified atom stereocenters. The fourth-order valence-corrected chi connectivity index (χ4v) is 3.39. The molecule has 5 heteroatoms. The highest BCUT2D eigenvalue weighted by atomic mass is 16.3. The minimum Gasteiger partial charge on any atom is -0.396 e. The van der Waals surface area contributed by atoms with Crippen molar-refractivity contribution in [3.05, 3.63) is 42.0 Å². The van der Waals surface area contributed by atoms with Crippen molar-refractivity contribution < 1.29 is 14.7 Å². The molecule has 1 saturated heterocycles. The highest BCUT2D eigenvalue weighted by Crippen LogP contribution is 2.22. The number of aliphatic hydroxyl groups excluding tert-OH is 1. The highest BCUT2D eigenvalue weighted by molar-refractivity contribution is 5.97. The van der Waals surface area contributed by atoms with Gasteiger partial charge in [0, 0.05) is 36.9 Å². The van der Waals surface area contributed by atoms with Crippen LogP contribution in [0.5, 0.6) is 0 Å². The monoisotopic (exact) mass is 328 g/mol. The van der Waals surface area contributed by atoms with Gasteiger partial charge in [-0.15, -0.1) is 0 Å². The lowest BCUT2D eigenvalue weighted by Crippen LogP contribution is -2.40. The van der Waals surface area contributed by atoms with Gasteiger partial charge in [0.2, 0.25) is 5.91 Å². The molecule has 0 aromatic heterocycles. The third-order valence-corrected chi connectivity index (χ3v) is 4.82. The van der Waals surface area contributed by atoms with Crippen molar-refractivity contribution in [2.45, 2.75) is 25.7 Å². The summed E-state index contributed by atoms with van der Waals surface area (Å²) in [6.45, 7) is 1.44. The number of carbonyl (C=O) groups excluding carboxylic acids is 2. The predicted octanol–water partition coefficient (Wildman–Crippen LogP) is 2.44. The smallest absolute Gasteiger partial charge is 0.253 e. The van der Waals surface area contributed by atoms with Gasteiger partial charge in [0.15, 0.2) is 0 Å². The SMILES string of the molecule is O=C(Nc1cccc(C(=O)N2CCC[C@@H](CO)C2)c1)C1CC=CC1. The van der Waals surface area contributed by atoms with Crippen LogP contribution in [0, 0.1) is 11.8 Å². The number of rotatable bonds is 4. The lowest BCUT2D eigenvalue weighted by Gasteiger charge is -2.32. The van der Waals surface area contributed by atoms with E-state index in [-0.39, 0.29) is 30.3 Å². The van der Waals surface area contributed by atoms with Crippen molar-refractivity contribution >= 4 is 17.5 Å². The highest BCUT2D eigenvalue weighted by Gasteiger charge is 2.24. The molecule has 0 radical (unpaired) electrons. The average Bonchev–Trinajstić information content (AvgIpc) is 3.16. The van der Waals surface area contributed by atoms with E-state index >= 15 is 0 Å². The van der Waals surface area contributed by atoms with Crippen LogP contribution in [0.25, 0.3) is 0 Å². The van der Waals surface area contributed by atoms with Gasteiger partial charge in [-0.05, 0) is 49.8 Å².